The maximum Gasteiger partial charge on any atom is 0.226 e. The van der Waals surface area contributed by atoms with E-state index in [4.69, 9.17) is 0 Å². The molecule has 1 unspecified atom stereocenters. The lowest BCUT2D eigenvalue weighted by Gasteiger charge is -2.25. The summed E-state index contributed by atoms with van der Waals surface area (Å²) in [6.45, 7) is 4.51. The van der Waals surface area contributed by atoms with Crippen molar-refractivity contribution < 1.29 is 9.59 Å². The molecule has 0 aromatic carbocycles. The largest absolute Gasteiger partial charge is 0.338 e. The van der Waals surface area contributed by atoms with Gasteiger partial charge in [0.25, 0.3) is 0 Å². The number of likely N-dealkylation sites (tertiary alicyclic amines) is 1. The van der Waals surface area contributed by atoms with Crippen molar-refractivity contribution in [2.45, 2.75) is 32.9 Å². The summed E-state index contributed by atoms with van der Waals surface area (Å²) < 4.78 is 0. The molecule has 0 aromatic heterocycles. The minimum Gasteiger partial charge on any atom is -0.338 e. The molecule has 1 heterocycles. The smallest absolute Gasteiger partial charge is 0.226 e. The second-order valence-electron chi connectivity index (χ2n) is 3.63. The van der Waals surface area contributed by atoms with Crippen LogP contribution >= 0.6 is 0 Å². The first-order valence-corrected chi connectivity index (χ1v) is 4.67. The number of nitrogens with one attached hydrogen (secondary N) is 1. The Kier molecular flexibility index (Phi) is 3.28. The van der Waals surface area contributed by atoms with Crippen LogP contribution in [0.15, 0.2) is 0 Å². The normalized spacial score (nSPS) is 22.1. The Morgan fingerprint density at radius 2 is 2.31 bits per heavy atom. The standard InChI is InChI=1S/C9H16N2O2/c1-7(2)9(13)11-5-3-4-8(11)10-6-12/h6-8H,3-5H2,1-2H3,(H,10,12). The molecule has 1 aliphatic heterocycles. The number of carbonyl (C=O) groups is 2. The Labute approximate surface area is 78.3 Å². The van der Waals surface area contributed by atoms with E-state index < -0.39 is 0 Å². The fraction of sp³-hybridized carbons (Fsp3) is 0.778. The third-order valence-electron chi connectivity index (χ3n) is 2.29. The first kappa shape index (κ1) is 10.0. The van der Waals surface area contributed by atoms with Crippen molar-refractivity contribution in [3.8, 4) is 0 Å². The Bertz CT molecular complexity index is 204. The van der Waals surface area contributed by atoms with Gasteiger partial charge >= 0.3 is 0 Å². The number of hydrogen-bond acceptors (Lipinski definition) is 2. The predicted molar refractivity (Wildman–Crippen MR) is 48.8 cm³/mol. The zero-order valence-electron chi connectivity index (χ0n) is 8.12. The number of hydrogen-bond donors (Lipinski definition) is 1. The molecule has 1 atom stereocenters. The predicted octanol–water partition coefficient (Wildman–Crippen LogP) is 0.337. The summed E-state index contributed by atoms with van der Waals surface area (Å²) in [7, 11) is 0. The summed E-state index contributed by atoms with van der Waals surface area (Å²) in [4.78, 5) is 23.6. The molecule has 1 rings (SSSR count). The number of amides is 2. The van der Waals surface area contributed by atoms with Crippen molar-refractivity contribution in [3.05, 3.63) is 0 Å². The molecule has 1 saturated heterocycles. The van der Waals surface area contributed by atoms with Crippen molar-refractivity contribution in [2.75, 3.05) is 6.54 Å². The molecule has 74 valence electrons. The summed E-state index contributed by atoms with van der Waals surface area (Å²) in [6, 6.07) is 0. The lowest BCUT2D eigenvalue weighted by atomic mass is 10.2. The van der Waals surface area contributed by atoms with Gasteiger partial charge in [0.15, 0.2) is 0 Å². The third-order valence-corrected chi connectivity index (χ3v) is 2.29. The van der Waals surface area contributed by atoms with Crippen molar-refractivity contribution in [1.82, 2.24) is 10.2 Å². The van der Waals surface area contributed by atoms with Crippen LogP contribution in [0.25, 0.3) is 0 Å². The summed E-state index contributed by atoms with van der Waals surface area (Å²) in [5.41, 5.74) is 0. The van der Waals surface area contributed by atoms with Gasteiger partial charge in [-0.15, -0.1) is 0 Å². The molecule has 0 spiro atoms. The Morgan fingerprint density at radius 1 is 1.62 bits per heavy atom. The van der Waals surface area contributed by atoms with Crippen molar-refractivity contribution in [3.63, 3.8) is 0 Å². The highest BCUT2D eigenvalue weighted by Gasteiger charge is 2.29. The Balaban J connectivity index is 2.57. The zero-order chi connectivity index (χ0) is 9.84. The van der Waals surface area contributed by atoms with E-state index in [1.807, 2.05) is 13.8 Å². The van der Waals surface area contributed by atoms with Crippen LogP contribution in [0.1, 0.15) is 26.7 Å². The highest BCUT2D eigenvalue weighted by Crippen LogP contribution is 2.17. The third kappa shape index (κ3) is 2.20. The Morgan fingerprint density at radius 3 is 2.85 bits per heavy atom. The number of rotatable bonds is 3. The quantitative estimate of drug-likeness (QED) is 0.643. The van der Waals surface area contributed by atoms with E-state index >= 15 is 0 Å². The summed E-state index contributed by atoms with van der Waals surface area (Å²) >= 11 is 0. The van der Waals surface area contributed by atoms with Crippen LogP contribution < -0.4 is 5.32 Å². The number of nitrogens with zero attached hydrogens (tertiary/aromatic N) is 1. The van der Waals surface area contributed by atoms with Gasteiger partial charge in [-0.1, -0.05) is 13.8 Å². The van der Waals surface area contributed by atoms with E-state index in [1.165, 1.54) is 0 Å². The molecule has 1 aliphatic rings. The number of carbonyl (C=O) groups excluding carboxylic acids is 2. The van der Waals surface area contributed by atoms with Gasteiger partial charge < -0.3 is 10.2 Å². The highest BCUT2D eigenvalue weighted by atomic mass is 16.2. The lowest BCUT2D eigenvalue weighted by Crippen LogP contribution is -2.45. The lowest BCUT2D eigenvalue weighted by molar-refractivity contribution is -0.136. The molecule has 4 nitrogen and oxygen atoms in total. The minimum absolute atomic E-state index is 0.00838. The maximum absolute atomic E-state index is 11.6. The van der Waals surface area contributed by atoms with E-state index in [-0.39, 0.29) is 18.0 Å². The molecule has 0 radical (unpaired) electrons. The molecule has 1 fully saturated rings. The molecule has 0 aromatic rings. The van der Waals surface area contributed by atoms with Crippen LogP contribution in [-0.2, 0) is 9.59 Å². The fourth-order valence-corrected chi connectivity index (χ4v) is 1.61. The average Bonchev–Trinajstić information content (AvgIpc) is 2.52. The zero-order valence-corrected chi connectivity index (χ0v) is 8.12. The van der Waals surface area contributed by atoms with Crippen LogP contribution in [0, 0.1) is 5.92 Å². The van der Waals surface area contributed by atoms with Crippen LogP contribution in [-0.4, -0.2) is 29.9 Å². The van der Waals surface area contributed by atoms with E-state index in [0.717, 1.165) is 19.4 Å². The molecule has 4 heteroatoms. The van der Waals surface area contributed by atoms with E-state index in [1.54, 1.807) is 4.90 Å². The van der Waals surface area contributed by atoms with E-state index in [2.05, 4.69) is 5.32 Å². The van der Waals surface area contributed by atoms with Gasteiger partial charge in [0.1, 0.15) is 6.17 Å². The summed E-state index contributed by atoms with van der Waals surface area (Å²) in [5.74, 6) is 0.130. The van der Waals surface area contributed by atoms with E-state index in [9.17, 15) is 9.59 Å². The van der Waals surface area contributed by atoms with Gasteiger partial charge in [-0.3, -0.25) is 9.59 Å². The maximum atomic E-state index is 11.6. The monoisotopic (exact) mass is 184 g/mol. The van der Waals surface area contributed by atoms with Gasteiger partial charge in [-0.05, 0) is 12.8 Å². The molecule has 0 saturated carbocycles. The molecule has 0 bridgehead atoms. The topological polar surface area (TPSA) is 49.4 Å². The van der Waals surface area contributed by atoms with Crippen LogP contribution in [0.3, 0.4) is 0 Å². The van der Waals surface area contributed by atoms with Crippen LogP contribution in [0.2, 0.25) is 0 Å². The second kappa shape index (κ2) is 4.25. The first-order valence-electron chi connectivity index (χ1n) is 4.67. The van der Waals surface area contributed by atoms with Gasteiger partial charge in [-0.25, -0.2) is 0 Å². The van der Waals surface area contributed by atoms with Gasteiger partial charge in [0, 0.05) is 12.5 Å². The van der Waals surface area contributed by atoms with Gasteiger partial charge in [0.05, 0.1) is 0 Å². The average molecular weight is 184 g/mol. The first-order chi connectivity index (χ1) is 6.16. The highest BCUT2D eigenvalue weighted by molar-refractivity contribution is 5.78. The van der Waals surface area contributed by atoms with Gasteiger partial charge in [-0.2, -0.15) is 0 Å². The van der Waals surface area contributed by atoms with Crippen LogP contribution in [0.5, 0.6) is 0 Å². The minimum atomic E-state index is -0.0765. The Hall–Kier alpha value is -1.06. The molecule has 2 amide bonds. The second-order valence-corrected chi connectivity index (χ2v) is 3.63. The van der Waals surface area contributed by atoms with Crippen LogP contribution in [0.4, 0.5) is 0 Å². The van der Waals surface area contributed by atoms with Crippen molar-refractivity contribution in [1.29, 1.82) is 0 Å². The molecular formula is C9H16N2O2. The van der Waals surface area contributed by atoms with Gasteiger partial charge in [0.2, 0.25) is 12.3 Å². The molecule has 1 N–H and O–H groups in total. The van der Waals surface area contributed by atoms with Crippen molar-refractivity contribution in [2.24, 2.45) is 5.92 Å². The van der Waals surface area contributed by atoms with E-state index in [0.29, 0.717) is 6.41 Å². The molecular weight excluding hydrogens is 168 g/mol. The SMILES string of the molecule is CC(C)C(=O)N1CCCC1NC=O. The summed E-state index contributed by atoms with van der Waals surface area (Å²) in [6.07, 6.45) is 2.44. The molecule has 0 aliphatic carbocycles. The molecule has 13 heavy (non-hydrogen) atoms. The summed E-state index contributed by atoms with van der Waals surface area (Å²) in [5, 5.41) is 2.65. The fourth-order valence-electron chi connectivity index (χ4n) is 1.61. The van der Waals surface area contributed by atoms with Crippen molar-refractivity contribution >= 4 is 12.3 Å².